The molecule has 1 aromatic heterocycles. The first-order chi connectivity index (χ1) is 11.6. The quantitative estimate of drug-likeness (QED) is 0.794. The molecule has 0 fully saturated rings. The van der Waals surface area contributed by atoms with Crippen LogP contribution in [0.4, 0.5) is 5.82 Å². The number of nitrogens with one attached hydrogen (secondary N) is 1. The average molecular weight is 341 g/mol. The molecule has 7 heteroatoms. The van der Waals surface area contributed by atoms with Gasteiger partial charge in [-0.2, -0.15) is 0 Å². The molecule has 0 unspecified atom stereocenters. The predicted octanol–water partition coefficient (Wildman–Crippen LogP) is 3.10. The summed E-state index contributed by atoms with van der Waals surface area (Å²) in [6.45, 7) is 0.410. The molecule has 6 nitrogen and oxygen atoms in total. The molecular formula is C17H15N3O3S. The van der Waals surface area contributed by atoms with E-state index >= 15 is 0 Å². The number of rotatable bonds is 3. The third-order valence-electron chi connectivity index (χ3n) is 3.80. The Kier molecular flexibility index (Phi) is 3.50. The van der Waals surface area contributed by atoms with Gasteiger partial charge in [0.1, 0.15) is 23.0 Å². The number of aryl methyl sites for hydroxylation is 1. The van der Waals surface area contributed by atoms with Crippen LogP contribution in [-0.2, 0) is 16.6 Å². The normalized spacial score (nSPS) is 15.3. The lowest BCUT2D eigenvalue weighted by Crippen LogP contribution is -2.27. The van der Waals surface area contributed by atoms with E-state index in [1.165, 1.54) is 0 Å². The molecule has 2 heterocycles. The van der Waals surface area contributed by atoms with Crippen molar-refractivity contribution in [2.75, 3.05) is 10.5 Å². The second kappa shape index (κ2) is 5.68. The van der Waals surface area contributed by atoms with Gasteiger partial charge in [0.2, 0.25) is 10.0 Å². The van der Waals surface area contributed by atoms with Crippen LogP contribution in [0.15, 0.2) is 60.9 Å². The number of imidazole rings is 1. The van der Waals surface area contributed by atoms with E-state index in [-0.39, 0.29) is 5.75 Å². The van der Waals surface area contributed by atoms with E-state index in [4.69, 9.17) is 4.74 Å². The van der Waals surface area contributed by atoms with Gasteiger partial charge in [-0.1, -0.05) is 18.2 Å². The van der Waals surface area contributed by atoms with Crippen LogP contribution in [0.2, 0.25) is 0 Å². The summed E-state index contributed by atoms with van der Waals surface area (Å²) in [6, 6.07) is 16.9. The van der Waals surface area contributed by atoms with Crippen molar-refractivity contribution in [1.29, 1.82) is 0 Å². The molecule has 0 aliphatic carbocycles. The van der Waals surface area contributed by atoms with E-state index in [0.29, 0.717) is 23.8 Å². The molecule has 0 atom stereocenters. The van der Waals surface area contributed by atoms with Gasteiger partial charge < -0.3 is 9.30 Å². The number of anilines is 1. The summed E-state index contributed by atoms with van der Waals surface area (Å²) in [4.78, 5) is 4.34. The molecule has 1 N–H and O–H groups in total. The zero-order valence-corrected chi connectivity index (χ0v) is 13.5. The van der Waals surface area contributed by atoms with Crippen LogP contribution in [0, 0.1) is 0 Å². The first-order valence-electron chi connectivity index (χ1n) is 7.50. The number of hydrogen-bond donors (Lipinski definition) is 1. The minimum Gasteiger partial charge on any atom is -0.457 e. The zero-order valence-electron chi connectivity index (χ0n) is 12.7. The van der Waals surface area contributed by atoms with Gasteiger partial charge in [-0.25, -0.2) is 13.4 Å². The van der Waals surface area contributed by atoms with E-state index in [9.17, 15) is 8.42 Å². The minimum absolute atomic E-state index is 0.0691. The lowest BCUT2D eigenvalue weighted by molar-refractivity contribution is 0.483. The van der Waals surface area contributed by atoms with Crippen molar-refractivity contribution in [1.82, 2.24) is 9.55 Å². The molecule has 3 aromatic rings. The molecule has 122 valence electrons. The number of ether oxygens (including phenoxy) is 1. The van der Waals surface area contributed by atoms with Gasteiger partial charge in [-0.05, 0) is 36.4 Å². The monoisotopic (exact) mass is 341 g/mol. The molecule has 1 aliphatic heterocycles. The fourth-order valence-corrected chi connectivity index (χ4v) is 3.64. The Hall–Kier alpha value is -2.80. The van der Waals surface area contributed by atoms with Crippen molar-refractivity contribution >= 4 is 15.8 Å². The van der Waals surface area contributed by atoms with Gasteiger partial charge >= 0.3 is 0 Å². The molecule has 0 spiro atoms. The lowest BCUT2D eigenvalue weighted by atomic mass is 10.1. The van der Waals surface area contributed by atoms with Crippen molar-refractivity contribution in [2.45, 2.75) is 6.54 Å². The van der Waals surface area contributed by atoms with Crippen LogP contribution < -0.4 is 9.46 Å². The highest BCUT2D eigenvalue weighted by Gasteiger charge is 2.24. The summed E-state index contributed by atoms with van der Waals surface area (Å²) in [5.41, 5.74) is 1.44. The molecule has 2 aromatic carbocycles. The van der Waals surface area contributed by atoms with Gasteiger partial charge in [0.25, 0.3) is 0 Å². The standard InChI is InChI=1S/C17H15N3O3S/c21-24(22)11-10-20-12-18-16(17(20)19-24)13-6-8-15(9-7-13)23-14-4-2-1-3-5-14/h1-9,12,19H,10-11H2. The largest absolute Gasteiger partial charge is 0.457 e. The van der Waals surface area contributed by atoms with E-state index in [0.717, 1.165) is 11.3 Å². The van der Waals surface area contributed by atoms with Gasteiger partial charge in [0, 0.05) is 12.1 Å². The van der Waals surface area contributed by atoms with Crippen molar-refractivity contribution < 1.29 is 13.2 Å². The van der Waals surface area contributed by atoms with Gasteiger partial charge in [0.05, 0.1) is 12.1 Å². The molecule has 24 heavy (non-hydrogen) atoms. The van der Waals surface area contributed by atoms with Gasteiger partial charge in [-0.15, -0.1) is 0 Å². The number of hydrogen-bond acceptors (Lipinski definition) is 4. The maximum atomic E-state index is 11.8. The average Bonchev–Trinajstić information content (AvgIpc) is 2.98. The highest BCUT2D eigenvalue weighted by atomic mass is 32.2. The number of nitrogens with zero attached hydrogens (tertiary/aromatic N) is 2. The fourth-order valence-electron chi connectivity index (χ4n) is 2.59. The number of benzene rings is 2. The summed E-state index contributed by atoms with van der Waals surface area (Å²) in [7, 11) is -3.28. The maximum Gasteiger partial charge on any atom is 0.235 e. The molecule has 0 radical (unpaired) electrons. The van der Waals surface area contributed by atoms with Crippen LogP contribution in [0.1, 0.15) is 0 Å². The summed E-state index contributed by atoms with van der Waals surface area (Å²) in [5.74, 6) is 2.05. The Morgan fingerprint density at radius 2 is 1.71 bits per heavy atom. The van der Waals surface area contributed by atoms with E-state index in [1.807, 2.05) is 59.2 Å². The van der Waals surface area contributed by atoms with Crippen LogP contribution in [-0.4, -0.2) is 23.7 Å². The number of para-hydroxylation sites is 1. The molecular weight excluding hydrogens is 326 g/mol. The first kappa shape index (κ1) is 14.8. The minimum atomic E-state index is -3.28. The Balaban J connectivity index is 1.61. The van der Waals surface area contributed by atoms with Crippen LogP contribution in [0.25, 0.3) is 11.3 Å². The lowest BCUT2D eigenvalue weighted by Gasteiger charge is -2.17. The molecule has 0 saturated heterocycles. The van der Waals surface area contributed by atoms with Crippen LogP contribution in [0.5, 0.6) is 11.5 Å². The Morgan fingerprint density at radius 3 is 2.46 bits per heavy atom. The highest BCUT2D eigenvalue weighted by molar-refractivity contribution is 7.92. The fraction of sp³-hybridized carbons (Fsp3) is 0.118. The molecule has 1 aliphatic rings. The smallest absolute Gasteiger partial charge is 0.235 e. The van der Waals surface area contributed by atoms with Crippen molar-refractivity contribution in [3.8, 4) is 22.8 Å². The molecule has 0 amide bonds. The third kappa shape index (κ3) is 2.85. The van der Waals surface area contributed by atoms with Crippen LogP contribution >= 0.6 is 0 Å². The van der Waals surface area contributed by atoms with E-state index in [2.05, 4.69) is 9.71 Å². The van der Waals surface area contributed by atoms with Crippen molar-refractivity contribution in [2.24, 2.45) is 0 Å². The second-order valence-electron chi connectivity index (χ2n) is 5.50. The Morgan fingerprint density at radius 1 is 1.00 bits per heavy atom. The number of aromatic nitrogens is 2. The zero-order chi connectivity index (χ0) is 16.6. The predicted molar refractivity (Wildman–Crippen MR) is 91.6 cm³/mol. The second-order valence-corrected chi connectivity index (χ2v) is 7.34. The summed E-state index contributed by atoms with van der Waals surface area (Å²) in [6.07, 6.45) is 1.65. The Bertz CT molecular complexity index is 964. The highest BCUT2D eigenvalue weighted by Crippen LogP contribution is 2.31. The molecule has 4 rings (SSSR count). The SMILES string of the molecule is O=S1(=O)CCn2cnc(-c3ccc(Oc4ccccc4)cc3)c2N1. The van der Waals surface area contributed by atoms with Gasteiger partial charge in [0.15, 0.2) is 0 Å². The number of sulfonamides is 1. The van der Waals surface area contributed by atoms with Gasteiger partial charge in [-0.3, -0.25) is 4.72 Å². The number of fused-ring (bicyclic) bond motifs is 1. The molecule has 0 bridgehead atoms. The maximum absolute atomic E-state index is 11.8. The van der Waals surface area contributed by atoms with Crippen molar-refractivity contribution in [3.05, 3.63) is 60.9 Å². The van der Waals surface area contributed by atoms with Crippen LogP contribution in [0.3, 0.4) is 0 Å². The summed E-state index contributed by atoms with van der Waals surface area (Å²) in [5, 5.41) is 0. The summed E-state index contributed by atoms with van der Waals surface area (Å²) < 4.78 is 33.7. The first-order valence-corrected chi connectivity index (χ1v) is 9.15. The van der Waals surface area contributed by atoms with Crippen molar-refractivity contribution in [3.63, 3.8) is 0 Å². The van der Waals surface area contributed by atoms with E-state index < -0.39 is 10.0 Å². The summed E-state index contributed by atoms with van der Waals surface area (Å²) >= 11 is 0. The third-order valence-corrected chi connectivity index (χ3v) is 5.02. The Labute approximate surface area is 139 Å². The van der Waals surface area contributed by atoms with E-state index in [1.54, 1.807) is 6.33 Å². The molecule has 0 saturated carbocycles. The topological polar surface area (TPSA) is 73.2 Å².